The van der Waals surface area contributed by atoms with E-state index in [1.54, 1.807) is 0 Å². The molecule has 0 aliphatic heterocycles. The van der Waals surface area contributed by atoms with Crippen molar-refractivity contribution >= 4 is 70.4 Å². The Labute approximate surface area is 300 Å². The lowest BCUT2D eigenvalue weighted by atomic mass is 10.0. The molecule has 0 aliphatic carbocycles. The summed E-state index contributed by atoms with van der Waals surface area (Å²) < 4.78 is 5.05. The van der Waals surface area contributed by atoms with Crippen molar-refractivity contribution in [3.63, 3.8) is 0 Å². The highest BCUT2D eigenvalue weighted by molar-refractivity contribution is 7.26. The van der Waals surface area contributed by atoms with Crippen molar-refractivity contribution in [1.29, 1.82) is 0 Å². The molecule has 3 heteroatoms. The van der Waals surface area contributed by atoms with E-state index < -0.39 is 0 Å². The van der Waals surface area contributed by atoms with Crippen LogP contribution in [0, 0.1) is 0 Å². The number of benzene rings is 8. The molecule has 0 unspecified atom stereocenters. The maximum absolute atomic E-state index is 2.44. The van der Waals surface area contributed by atoms with Crippen LogP contribution in [0.3, 0.4) is 0 Å². The highest BCUT2D eigenvalue weighted by Crippen LogP contribution is 2.44. The Morgan fingerprint density at radius 3 is 1.67 bits per heavy atom. The van der Waals surface area contributed by atoms with Gasteiger partial charge < -0.3 is 9.47 Å². The van der Waals surface area contributed by atoms with Gasteiger partial charge in [-0.25, -0.2) is 0 Å². The minimum atomic E-state index is 1.11. The quantitative estimate of drug-likeness (QED) is 0.171. The Balaban J connectivity index is 1.15. The molecule has 0 saturated carbocycles. The van der Waals surface area contributed by atoms with E-state index in [9.17, 15) is 0 Å². The standard InChI is InChI=1S/C48H32N2S/c1-3-14-33(15-4-1)35-16-13-19-38(30-35)49(36-17-5-2-6-18-36)37-28-26-34(27-29-37)43-31-39(32-44-42-22-9-12-25-47(42)51-48(43)44)50-45-23-10-7-20-40(45)41-21-8-11-24-46(41)50/h1-32H. The third kappa shape index (κ3) is 5.01. The first kappa shape index (κ1) is 29.5. The van der Waals surface area contributed by atoms with Gasteiger partial charge in [0.2, 0.25) is 0 Å². The predicted molar refractivity (Wildman–Crippen MR) is 219 cm³/mol. The summed E-state index contributed by atoms with van der Waals surface area (Å²) in [5.41, 5.74) is 11.8. The van der Waals surface area contributed by atoms with Gasteiger partial charge in [-0.15, -0.1) is 11.3 Å². The molecule has 2 heterocycles. The Kier molecular flexibility index (Phi) is 7.04. The fourth-order valence-corrected chi connectivity index (χ4v) is 8.85. The molecule has 0 aliphatic rings. The van der Waals surface area contributed by atoms with Crippen LogP contribution >= 0.6 is 11.3 Å². The molecule has 2 nitrogen and oxygen atoms in total. The summed E-state index contributed by atoms with van der Waals surface area (Å²) in [4.78, 5) is 2.35. The highest BCUT2D eigenvalue weighted by Gasteiger charge is 2.18. The number of fused-ring (bicyclic) bond motifs is 6. The van der Waals surface area contributed by atoms with Crippen molar-refractivity contribution in [3.8, 4) is 27.9 Å². The van der Waals surface area contributed by atoms with Crippen LogP contribution in [0.1, 0.15) is 0 Å². The second-order valence-electron chi connectivity index (χ2n) is 13.0. The van der Waals surface area contributed by atoms with Crippen LogP contribution < -0.4 is 4.90 Å². The number of rotatable bonds is 6. The zero-order valence-electron chi connectivity index (χ0n) is 27.8. The van der Waals surface area contributed by atoms with Gasteiger partial charge in [0.1, 0.15) is 0 Å². The van der Waals surface area contributed by atoms with Gasteiger partial charge in [-0.2, -0.15) is 0 Å². The topological polar surface area (TPSA) is 8.17 Å². The summed E-state index contributed by atoms with van der Waals surface area (Å²) in [6.45, 7) is 0. The predicted octanol–water partition coefficient (Wildman–Crippen LogP) is 14.0. The Morgan fingerprint density at radius 2 is 0.941 bits per heavy atom. The van der Waals surface area contributed by atoms with E-state index in [2.05, 4.69) is 204 Å². The van der Waals surface area contributed by atoms with Gasteiger partial charge in [0.05, 0.1) is 11.0 Å². The van der Waals surface area contributed by atoms with Gasteiger partial charge in [-0.3, -0.25) is 0 Å². The molecule has 10 rings (SSSR count). The number of hydrogen-bond donors (Lipinski definition) is 0. The van der Waals surface area contributed by atoms with E-state index in [0.717, 1.165) is 17.1 Å². The lowest BCUT2D eigenvalue weighted by Crippen LogP contribution is -2.09. The van der Waals surface area contributed by atoms with E-state index >= 15 is 0 Å². The van der Waals surface area contributed by atoms with E-state index in [1.165, 1.54) is 69.9 Å². The van der Waals surface area contributed by atoms with Crippen LogP contribution in [-0.4, -0.2) is 4.57 Å². The first-order valence-electron chi connectivity index (χ1n) is 17.4. The Hall–Kier alpha value is -6.42. The number of hydrogen-bond acceptors (Lipinski definition) is 2. The van der Waals surface area contributed by atoms with Crippen LogP contribution in [0.4, 0.5) is 17.1 Å². The highest BCUT2D eigenvalue weighted by atomic mass is 32.1. The maximum atomic E-state index is 2.44. The smallest absolute Gasteiger partial charge is 0.0541 e. The van der Waals surface area contributed by atoms with Crippen LogP contribution in [0.5, 0.6) is 0 Å². The monoisotopic (exact) mass is 668 g/mol. The minimum Gasteiger partial charge on any atom is -0.310 e. The molecule has 0 N–H and O–H groups in total. The summed E-state index contributed by atoms with van der Waals surface area (Å²) in [7, 11) is 0. The largest absolute Gasteiger partial charge is 0.310 e. The van der Waals surface area contributed by atoms with E-state index in [1.807, 2.05) is 11.3 Å². The first-order valence-corrected chi connectivity index (χ1v) is 18.2. The van der Waals surface area contributed by atoms with Gasteiger partial charge in [0.25, 0.3) is 0 Å². The molecule has 51 heavy (non-hydrogen) atoms. The molecule has 0 saturated heterocycles. The average Bonchev–Trinajstić information content (AvgIpc) is 3.75. The van der Waals surface area contributed by atoms with Crippen LogP contribution in [0.25, 0.3) is 69.9 Å². The number of para-hydroxylation sites is 3. The van der Waals surface area contributed by atoms with Gasteiger partial charge in [0, 0.05) is 59.3 Å². The summed E-state index contributed by atoms with van der Waals surface area (Å²) >= 11 is 1.88. The molecule has 2 aromatic heterocycles. The Morgan fingerprint density at radius 1 is 0.373 bits per heavy atom. The normalized spacial score (nSPS) is 11.5. The first-order chi connectivity index (χ1) is 25.3. The SMILES string of the molecule is c1ccc(-c2cccc(N(c3ccccc3)c3ccc(-c4cc(-n5c6ccccc6c6ccccc65)cc5c4sc4ccccc45)cc3)c2)cc1. The second kappa shape index (κ2) is 12.2. The third-order valence-corrected chi connectivity index (χ3v) is 11.2. The molecule has 0 radical (unpaired) electrons. The van der Waals surface area contributed by atoms with Gasteiger partial charge in [-0.1, -0.05) is 127 Å². The van der Waals surface area contributed by atoms with E-state index in [-0.39, 0.29) is 0 Å². The molecule has 10 aromatic rings. The van der Waals surface area contributed by atoms with Crippen molar-refractivity contribution in [2.75, 3.05) is 4.90 Å². The fraction of sp³-hybridized carbons (Fsp3) is 0. The van der Waals surface area contributed by atoms with E-state index in [0.29, 0.717) is 0 Å². The molecule has 0 atom stereocenters. The minimum absolute atomic E-state index is 1.11. The molecule has 0 spiro atoms. The maximum Gasteiger partial charge on any atom is 0.0541 e. The Bertz CT molecular complexity index is 2790. The number of anilines is 3. The third-order valence-electron chi connectivity index (χ3n) is 9.96. The van der Waals surface area contributed by atoms with Gasteiger partial charge >= 0.3 is 0 Å². The zero-order valence-corrected chi connectivity index (χ0v) is 28.6. The summed E-state index contributed by atoms with van der Waals surface area (Å²) in [5.74, 6) is 0. The van der Waals surface area contributed by atoms with Gasteiger partial charge in [-0.05, 0) is 83.4 Å². The summed E-state index contributed by atoms with van der Waals surface area (Å²) in [6, 6.07) is 70.3. The lowest BCUT2D eigenvalue weighted by Gasteiger charge is -2.26. The lowest BCUT2D eigenvalue weighted by molar-refractivity contribution is 1.19. The molecular formula is C48H32N2S. The molecule has 8 aromatic carbocycles. The molecular weight excluding hydrogens is 637 g/mol. The van der Waals surface area contributed by atoms with Crippen molar-refractivity contribution in [3.05, 3.63) is 194 Å². The van der Waals surface area contributed by atoms with Crippen LogP contribution in [0.15, 0.2) is 194 Å². The van der Waals surface area contributed by atoms with Crippen molar-refractivity contribution in [2.24, 2.45) is 0 Å². The number of nitrogens with zero attached hydrogens (tertiary/aromatic N) is 2. The zero-order chi connectivity index (χ0) is 33.7. The molecule has 240 valence electrons. The molecule has 0 bridgehead atoms. The van der Waals surface area contributed by atoms with Crippen LogP contribution in [-0.2, 0) is 0 Å². The van der Waals surface area contributed by atoms with Crippen molar-refractivity contribution in [1.82, 2.24) is 4.57 Å². The number of aromatic nitrogens is 1. The summed E-state index contributed by atoms with van der Waals surface area (Å²) in [5, 5.41) is 5.13. The second-order valence-corrected chi connectivity index (χ2v) is 14.0. The number of thiophene rings is 1. The van der Waals surface area contributed by atoms with Gasteiger partial charge in [0.15, 0.2) is 0 Å². The van der Waals surface area contributed by atoms with Crippen molar-refractivity contribution < 1.29 is 0 Å². The van der Waals surface area contributed by atoms with Crippen LogP contribution in [0.2, 0.25) is 0 Å². The fourth-order valence-electron chi connectivity index (χ4n) is 7.63. The molecule has 0 fully saturated rings. The average molecular weight is 669 g/mol. The van der Waals surface area contributed by atoms with Crippen molar-refractivity contribution in [2.45, 2.75) is 0 Å². The van der Waals surface area contributed by atoms with E-state index in [4.69, 9.17) is 0 Å². The summed E-state index contributed by atoms with van der Waals surface area (Å²) in [6.07, 6.45) is 0. The molecule has 0 amide bonds.